The molecule has 1 aromatic rings. The summed E-state index contributed by atoms with van der Waals surface area (Å²) in [5.74, 6) is -13.3. The number of aliphatic hydroxyl groups is 1. The summed E-state index contributed by atoms with van der Waals surface area (Å²) in [4.78, 5) is 190. The van der Waals surface area contributed by atoms with Crippen LogP contribution in [-0.2, 0) is 68.7 Å². The monoisotopic (exact) mass is 1500 g/mol. The molecule has 12 amide bonds. The molecule has 13 atom stereocenters. The van der Waals surface area contributed by atoms with Gasteiger partial charge < -0.3 is 75.6 Å². The molecule has 3 fully saturated rings. The first-order valence-electron chi connectivity index (χ1n) is 38.3. The van der Waals surface area contributed by atoms with Crippen LogP contribution in [0.2, 0.25) is 0 Å². The van der Waals surface area contributed by atoms with Gasteiger partial charge >= 0.3 is 0 Å². The highest BCUT2D eigenvalue weighted by atomic mass is 19.3. The molecule has 106 heavy (non-hydrogen) atoms. The van der Waals surface area contributed by atoms with Gasteiger partial charge in [-0.2, -0.15) is 0 Å². The summed E-state index contributed by atoms with van der Waals surface area (Å²) in [6.07, 6.45) is 0.133. The van der Waals surface area contributed by atoms with Crippen LogP contribution in [0.5, 0.6) is 0 Å². The van der Waals surface area contributed by atoms with Gasteiger partial charge in [0, 0.05) is 94.3 Å². The molecule has 27 nitrogen and oxygen atoms in total. The number of alkyl halides is 2. The van der Waals surface area contributed by atoms with E-state index >= 15 is 33.6 Å². The number of carbonyl (C=O) groups excluding carboxylic acids is 12. The van der Waals surface area contributed by atoms with Crippen molar-refractivity contribution in [2.45, 2.75) is 258 Å². The van der Waals surface area contributed by atoms with Gasteiger partial charge in [-0.05, 0) is 106 Å². The van der Waals surface area contributed by atoms with E-state index in [4.69, 9.17) is 4.74 Å². The van der Waals surface area contributed by atoms with Crippen LogP contribution >= 0.6 is 0 Å². The maximum Gasteiger partial charge on any atom is 0.261 e. The molecule has 3 aliphatic rings. The number of piperidine rings is 1. The van der Waals surface area contributed by atoms with Crippen molar-refractivity contribution in [1.82, 2.24) is 65.8 Å². The Labute approximate surface area is 628 Å². The fraction of sp³-hybridized carbons (Fsp3) is 0.766. The van der Waals surface area contributed by atoms with E-state index in [1.54, 1.807) is 56.0 Å². The van der Waals surface area contributed by atoms with Crippen molar-refractivity contribution in [2.75, 3.05) is 88.7 Å². The molecule has 29 heteroatoms. The zero-order valence-corrected chi connectivity index (χ0v) is 67.0. The maximum absolute atomic E-state index is 15.6. The van der Waals surface area contributed by atoms with E-state index in [2.05, 4.69) is 26.6 Å². The lowest BCUT2D eigenvalue weighted by Gasteiger charge is -2.39. The Morgan fingerprint density at radius 1 is 0.509 bits per heavy atom. The zero-order chi connectivity index (χ0) is 79.9. The average Bonchev–Trinajstić information content (AvgIpc) is 1.09. The first-order chi connectivity index (χ1) is 49.5. The first kappa shape index (κ1) is 91.0. The molecule has 0 radical (unpaired) electrons. The maximum atomic E-state index is 15.6. The summed E-state index contributed by atoms with van der Waals surface area (Å²) >= 11 is 0. The Bertz CT molecular complexity index is 3100. The third-order valence-electron chi connectivity index (χ3n) is 20.7. The predicted octanol–water partition coefficient (Wildman–Crippen LogP) is 4.46. The number of halogens is 2. The number of rotatable bonds is 20. The third kappa shape index (κ3) is 26.8. The van der Waals surface area contributed by atoms with Crippen LogP contribution in [0, 0.1) is 35.5 Å². The van der Waals surface area contributed by atoms with E-state index < -0.39 is 181 Å². The normalized spacial score (nSPS) is 26.9. The quantitative estimate of drug-likeness (QED) is 0.105. The number of aliphatic hydroxyl groups excluding tert-OH is 1. The van der Waals surface area contributed by atoms with Crippen molar-refractivity contribution < 1.29 is 76.2 Å². The van der Waals surface area contributed by atoms with Crippen molar-refractivity contribution >= 4 is 70.9 Å². The molecular weight excluding hydrogens is 1370 g/mol. The Kier molecular flexibility index (Phi) is 36.4. The first-order valence-corrected chi connectivity index (χ1v) is 38.3. The van der Waals surface area contributed by atoms with E-state index in [0.717, 1.165) is 16.2 Å². The van der Waals surface area contributed by atoms with E-state index in [-0.39, 0.29) is 94.1 Å². The number of likely N-dealkylation sites (N-methyl/N-ethyl adjacent to an activating group) is 6. The Morgan fingerprint density at radius 3 is 1.42 bits per heavy atom. The zero-order valence-electron chi connectivity index (χ0n) is 67.0. The van der Waals surface area contributed by atoms with Gasteiger partial charge in [-0.3, -0.25) is 57.5 Å². The van der Waals surface area contributed by atoms with Crippen LogP contribution in [0.25, 0.3) is 0 Å². The van der Waals surface area contributed by atoms with Crippen LogP contribution < -0.4 is 26.6 Å². The van der Waals surface area contributed by atoms with Gasteiger partial charge in [-0.1, -0.05) is 120 Å². The van der Waals surface area contributed by atoms with Crippen LogP contribution in [0.1, 0.15) is 179 Å². The van der Waals surface area contributed by atoms with E-state index in [1.165, 1.54) is 80.8 Å². The summed E-state index contributed by atoms with van der Waals surface area (Å²) < 4.78 is 35.0. The molecular formula is C77H129F2N13O14. The molecule has 3 heterocycles. The molecule has 3 aliphatic heterocycles. The highest BCUT2D eigenvalue weighted by molar-refractivity contribution is 6.00. The molecule has 6 N–H and O–H groups in total. The second-order valence-corrected chi connectivity index (χ2v) is 32.1. The fourth-order valence-electron chi connectivity index (χ4n) is 13.9. The minimum absolute atomic E-state index is 0.00320. The van der Waals surface area contributed by atoms with Gasteiger partial charge in [0.25, 0.3) is 5.92 Å². The molecule has 0 spiro atoms. The lowest BCUT2D eigenvalue weighted by Crippen LogP contribution is -2.63. The molecule has 600 valence electrons. The molecule has 0 saturated carbocycles. The molecule has 4 rings (SSSR count). The van der Waals surface area contributed by atoms with Crippen molar-refractivity contribution in [3.05, 3.63) is 35.9 Å². The summed E-state index contributed by atoms with van der Waals surface area (Å²) in [5, 5.41) is 25.5. The summed E-state index contributed by atoms with van der Waals surface area (Å²) in [6.45, 7) is 22.4. The number of hydrogen-bond acceptors (Lipinski definition) is 15. The molecule has 1 unspecified atom stereocenters. The molecule has 1 aromatic carbocycles. The standard InChI is InChI=1S/C77H129F2N13O14/c1-21-51(12)65-75(104)91(20)62(40-53-29-24-22-25-30-53)74(103)89(18)59(37-48(6)7)68(97)82-56(44-106-43-54-42-77(78,79)45-80-54)71(100)87(16)60(38-49(8)9)70(99)84-66(52(13)93)76(105)90(19)61(39-50(10)11)73(102)88(17)58(36-47(4)5)67(96)81-55(72(101)92-33-26-23-27-34-92)41-64(95)85(14)32-28-31-63(94)86(15)57(35-46(2)3)69(98)83-65/h22,24-25,29-30,46-52,54-62,65-66,80,93H,21,23,26-28,31-45H2,1-20H3,(H,81,96)(H,82,97)(H,83,98)(H,84,99)/t51?,52-,54+,55+,56+,57+,58+,59+,60+,61+,62+,65+,66+/m1/s1. The van der Waals surface area contributed by atoms with Crippen LogP contribution in [0.4, 0.5) is 8.78 Å². The Balaban J connectivity index is 1.97. The molecule has 0 aliphatic carbocycles. The third-order valence-corrected chi connectivity index (χ3v) is 20.7. The van der Waals surface area contributed by atoms with Gasteiger partial charge in [0.2, 0.25) is 70.9 Å². The van der Waals surface area contributed by atoms with Crippen molar-refractivity contribution in [2.24, 2.45) is 35.5 Å². The van der Waals surface area contributed by atoms with Crippen LogP contribution in [0.15, 0.2) is 30.3 Å². The van der Waals surface area contributed by atoms with Crippen molar-refractivity contribution in [1.29, 1.82) is 0 Å². The lowest BCUT2D eigenvalue weighted by molar-refractivity contribution is -0.152. The van der Waals surface area contributed by atoms with Gasteiger partial charge in [0.05, 0.1) is 32.3 Å². The fourth-order valence-corrected chi connectivity index (χ4v) is 13.9. The predicted molar refractivity (Wildman–Crippen MR) is 400 cm³/mol. The van der Waals surface area contributed by atoms with E-state index in [1.807, 2.05) is 62.3 Å². The minimum atomic E-state index is -3.05. The number of carbonyl (C=O) groups is 12. The van der Waals surface area contributed by atoms with Gasteiger partial charge in [-0.15, -0.1) is 0 Å². The number of amides is 12. The number of benzene rings is 1. The second-order valence-electron chi connectivity index (χ2n) is 32.1. The SMILES string of the molecule is CCC(C)[C@@H]1NC(=O)[C@H](CC(C)C)N(C)C(=O)CCCN(C)C(=O)C[C@@H](C(=O)N2CCCCC2)NC(=O)[C@H](CC(C)C)N(C)C(=O)[C@H](CC(C)C)N(C)C(=O)[C@H]([C@@H](C)O)NC(=O)[C@H](CC(C)C)N(C)C(=O)[C@H](COC[C@@H]2CC(F)(F)CN2)NC(=O)[C@H](CC(C)C)N(C)C(=O)[C@H](Cc2ccccc2)N(C)C1=O. The molecule has 0 bridgehead atoms. The van der Waals surface area contributed by atoms with E-state index in [9.17, 15) is 37.9 Å². The molecule has 3 saturated heterocycles. The Hall–Kier alpha value is -7.40. The smallest absolute Gasteiger partial charge is 0.261 e. The number of hydrogen-bond donors (Lipinski definition) is 6. The average molecular weight is 1500 g/mol. The summed E-state index contributed by atoms with van der Waals surface area (Å²) in [6, 6.07) is -5.85. The summed E-state index contributed by atoms with van der Waals surface area (Å²) in [5.41, 5.74) is 0.640. The Morgan fingerprint density at radius 2 is 0.943 bits per heavy atom. The topological polar surface area (TPSA) is 320 Å². The minimum Gasteiger partial charge on any atom is -0.391 e. The second kappa shape index (κ2) is 42.4. The highest BCUT2D eigenvalue weighted by Crippen LogP contribution is 2.28. The van der Waals surface area contributed by atoms with Gasteiger partial charge in [-0.25, -0.2) is 8.78 Å². The highest BCUT2D eigenvalue weighted by Gasteiger charge is 2.46. The van der Waals surface area contributed by atoms with Gasteiger partial charge in [0.1, 0.15) is 60.4 Å². The number of nitrogens with zero attached hydrogens (tertiary/aromatic N) is 8. The molecule has 0 aromatic heterocycles. The van der Waals surface area contributed by atoms with Gasteiger partial charge in [0.15, 0.2) is 0 Å². The van der Waals surface area contributed by atoms with E-state index in [0.29, 0.717) is 37.9 Å². The van der Waals surface area contributed by atoms with Crippen LogP contribution in [-0.4, -0.2) is 282 Å². The summed E-state index contributed by atoms with van der Waals surface area (Å²) in [7, 11) is 9.90. The van der Waals surface area contributed by atoms with Crippen molar-refractivity contribution in [3.63, 3.8) is 0 Å². The lowest BCUT2D eigenvalue weighted by atomic mass is 9.94. The largest absolute Gasteiger partial charge is 0.391 e. The van der Waals surface area contributed by atoms with Crippen LogP contribution in [0.3, 0.4) is 0 Å². The number of nitrogens with one attached hydrogen (secondary N) is 5. The number of likely N-dealkylation sites (tertiary alicyclic amines) is 1. The van der Waals surface area contributed by atoms with Crippen molar-refractivity contribution in [3.8, 4) is 0 Å². The number of ether oxygens (including phenoxy) is 1.